The van der Waals surface area contributed by atoms with Crippen LogP contribution in [-0.2, 0) is 9.59 Å². The molecule has 5 rings (SSSR count). The van der Waals surface area contributed by atoms with E-state index in [4.69, 9.17) is 4.74 Å². The van der Waals surface area contributed by atoms with Crippen molar-refractivity contribution < 1.29 is 18.7 Å². The van der Waals surface area contributed by atoms with E-state index < -0.39 is 17.9 Å². The Balaban J connectivity index is 1.58. The minimum Gasteiger partial charge on any atom is -0.497 e. The summed E-state index contributed by atoms with van der Waals surface area (Å²) < 4.78 is 19.2. The van der Waals surface area contributed by atoms with E-state index in [1.54, 1.807) is 50.4 Å². The molecular formula is C30H32FN5O3. The molecule has 0 radical (unpaired) electrons. The van der Waals surface area contributed by atoms with Crippen LogP contribution in [0.15, 0.2) is 72.8 Å². The van der Waals surface area contributed by atoms with Gasteiger partial charge in [0.15, 0.2) is 0 Å². The molecule has 1 N–H and O–H groups in total. The molecule has 1 saturated carbocycles. The van der Waals surface area contributed by atoms with Crippen LogP contribution in [0.2, 0.25) is 0 Å². The monoisotopic (exact) mass is 529 g/mol. The summed E-state index contributed by atoms with van der Waals surface area (Å²) in [5, 5.41) is 12.2. The predicted octanol–water partition coefficient (Wildman–Crippen LogP) is 5.36. The van der Waals surface area contributed by atoms with Crippen molar-refractivity contribution in [2.75, 3.05) is 12.0 Å². The second kappa shape index (κ2) is 11.6. The number of fused-ring (bicyclic) bond motifs is 1. The van der Waals surface area contributed by atoms with Crippen molar-refractivity contribution in [3.63, 3.8) is 0 Å². The fraction of sp³-hybridized carbons (Fsp3) is 0.333. The summed E-state index contributed by atoms with van der Waals surface area (Å²) >= 11 is 0. The molecule has 1 fully saturated rings. The van der Waals surface area contributed by atoms with Crippen LogP contribution < -0.4 is 15.0 Å². The Bertz CT molecular complexity index is 1400. The third-order valence-electron chi connectivity index (χ3n) is 7.24. The lowest BCUT2D eigenvalue weighted by atomic mass is 9.94. The van der Waals surface area contributed by atoms with E-state index in [0.29, 0.717) is 28.0 Å². The molecule has 1 heterocycles. The number of hydrogen-bond donors (Lipinski definition) is 1. The number of methoxy groups -OCH3 is 1. The minimum absolute atomic E-state index is 0.0255. The molecule has 4 aromatic rings. The molecule has 202 valence electrons. The predicted molar refractivity (Wildman–Crippen MR) is 147 cm³/mol. The second-order valence-corrected chi connectivity index (χ2v) is 9.89. The third-order valence-corrected chi connectivity index (χ3v) is 7.24. The maximum absolute atomic E-state index is 14.3. The van der Waals surface area contributed by atoms with Crippen molar-refractivity contribution in [2.45, 2.75) is 57.2 Å². The number of rotatable bonds is 8. The molecule has 0 saturated heterocycles. The van der Waals surface area contributed by atoms with E-state index in [-0.39, 0.29) is 17.9 Å². The molecule has 2 atom stereocenters. The molecule has 3 aromatic carbocycles. The average molecular weight is 530 g/mol. The van der Waals surface area contributed by atoms with Gasteiger partial charge in [0.1, 0.15) is 34.7 Å². The maximum Gasteiger partial charge on any atom is 0.254 e. The van der Waals surface area contributed by atoms with Gasteiger partial charge in [-0.05, 0) is 73.9 Å². The number of nitrogens with zero attached hydrogens (tertiary/aromatic N) is 4. The molecule has 0 aliphatic heterocycles. The highest BCUT2D eigenvalue weighted by Crippen LogP contribution is 2.32. The number of carbonyl (C=O) groups excluding carboxylic acids is 2. The Morgan fingerprint density at radius 1 is 0.949 bits per heavy atom. The Hall–Kier alpha value is -4.27. The summed E-state index contributed by atoms with van der Waals surface area (Å²) in [4.78, 5) is 31.1. The maximum atomic E-state index is 14.3. The topological polar surface area (TPSA) is 89.3 Å². The summed E-state index contributed by atoms with van der Waals surface area (Å²) in [6, 6.07) is 18.2. The van der Waals surface area contributed by atoms with Gasteiger partial charge in [-0.25, -0.2) is 4.39 Å². The van der Waals surface area contributed by atoms with Gasteiger partial charge in [0.2, 0.25) is 5.91 Å². The zero-order valence-electron chi connectivity index (χ0n) is 22.1. The van der Waals surface area contributed by atoms with Crippen LogP contribution in [0, 0.1) is 5.82 Å². The van der Waals surface area contributed by atoms with Crippen LogP contribution in [0.3, 0.4) is 0 Å². The van der Waals surface area contributed by atoms with Crippen molar-refractivity contribution in [2.24, 2.45) is 0 Å². The number of aromatic nitrogens is 3. The molecule has 2 amide bonds. The lowest BCUT2D eigenvalue weighted by Gasteiger charge is -2.34. The van der Waals surface area contributed by atoms with Gasteiger partial charge in [-0.1, -0.05) is 43.5 Å². The first-order valence-electron chi connectivity index (χ1n) is 13.3. The number of benzene rings is 3. The Morgan fingerprint density at radius 2 is 1.56 bits per heavy atom. The number of nitrogens with one attached hydrogen (secondary N) is 1. The lowest BCUT2D eigenvalue weighted by Crippen LogP contribution is -2.49. The van der Waals surface area contributed by atoms with E-state index >= 15 is 0 Å². The van der Waals surface area contributed by atoms with E-state index in [0.717, 1.165) is 32.1 Å². The van der Waals surface area contributed by atoms with Gasteiger partial charge in [-0.15, -0.1) is 0 Å². The van der Waals surface area contributed by atoms with Crippen molar-refractivity contribution in [1.29, 1.82) is 0 Å². The quantitative estimate of drug-likeness (QED) is 0.332. The van der Waals surface area contributed by atoms with E-state index in [1.165, 1.54) is 21.8 Å². The van der Waals surface area contributed by atoms with Gasteiger partial charge in [0, 0.05) is 11.7 Å². The molecule has 0 spiro atoms. The number of hydrogen-bond acceptors (Lipinski definition) is 5. The fourth-order valence-electron chi connectivity index (χ4n) is 5.09. The number of amides is 2. The van der Waals surface area contributed by atoms with Crippen molar-refractivity contribution in [3.8, 4) is 5.75 Å². The lowest BCUT2D eigenvalue weighted by molar-refractivity contribution is -0.128. The molecule has 0 unspecified atom stereocenters. The number of halogens is 1. The third kappa shape index (κ3) is 5.77. The Kier molecular flexibility index (Phi) is 7.86. The molecule has 0 bridgehead atoms. The van der Waals surface area contributed by atoms with E-state index in [2.05, 4.69) is 15.5 Å². The Labute approximate surface area is 226 Å². The van der Waals surface area contributed by atoms with Crippen LogP contribution >= 0.6 is 0 Å². The van der Waals surface area contributed by atoms with Crippen LogP contribution in [0.5, 0.6) is 5.75 Å². The average Bonchev–Trinajstić information content (AvgIpc) is 3.41. The van der Waals surface area contributed by atoms with Crippen LogP contribution in [0.1, 0.15) is 56.7 Å². The standard InChI is InChI=1S/C30H32FN5O3/c1-20(36-33-26-10-6-7-11-27(26)34-36)30(38)35(24-16-18-25(39-2)19-17-24)28(21-12-14-22(31)15-13-21)29(37)32-23-8-4-3-5-9-23/h6-7,10-20,23,28H,3-5,8-9H2,1-2H3,(H,32,37)/t20-,28-/m0/s1. The smallest absolute Gasteiger partial charge is 0.254 e. The van der Waals surface area contributed by atoms with Gasteiger partial charge in [0.05, 0.1) is 7.11 Å². The minimum atomic E-state index is -1.04. The summed E-state index contributed by atoms with van der Waals surface area (Å²) in [5.74, 6) is -0.505. The first kappa shape index (κ1) is 26.3. The summed E-state index contributed by atoms with van der Waals surface area (Å²) in [6.07, 6.45) is 5.01. The molecular weight excluding hydrogens is 497 g/mol. The van der Waals surface area contributed by atoms with Gasteiger partial charge in [0.25, 0.3) is 5.91 Å². The normalized spacial score (nSPS) is 15.5. The fourth-order valence-corrected chi connectivity index (χ4v) is 5.09. The summed E-state index contributed by atoms with van der Waals surface area (Å²) in [5.41, 5.74) is 2.33. The van der Waals surface area contributed by atoms with Gasteiger partial charge in [-0.2, -0.15) is 15.0 Å². The first-order chi connectivity index (χ1) is 18.9. The molecule has 9 heteroatoms. The van der Waals surface area contributed by atoms with Crippen LogP contribution in [0.4, 0.5) is 10.1 Å². The number of ether oxygens (including phenoxy) is 1. The van der Waals surface area contributed by atoms with Gasteiger partial charge >= 0.3 is 0 Å². The summed E-state index contributed by atoms with van der Waals surface area (Å²) in [6.45, 7) is 1.71. The highest BCUT2D eigenvalue weighted by Gasteiger charge is 2.37. The number of carbonyl (C=O) groups is 2. The van der Waals surface area contributed by atoms with Crippen molar-refractivity contribution in [3.05, 3.63) is 84.2 Å². The van der Waals surface area contributed by atoms with Gasteiger partial charge < -0.3 is 10.1 Å². The van der Waals surface area contributed by atoms with E-state index in [1.807, 2.05) is 24.3 Å². The molecule has 39 heavy (non-hydrogen) atoms. The van der Waals surface area contributed by atoms with Crippen LogP contribution in [-0.4, -0.2) is 40.0 Å². The van der Waals surface area contributed by atoms with Gasteiger partial charge in [-0.3, -0.25) is 14.5 Å². The SMILES string of the molecule is COc1ccc(N(C(=O)[C@H](C)n2nc3ccccc3n2)[C@H](C(=O)NC2CCCCC2)c2ccc(F)cc2)cc1. The van der Waals surface area contributed by atoms with Crippen molar-refractivity contribution in [1.82, 2.24) is 20.3 Å². The molecule has 8 nitrogen and oxygen atoms in total. The zero-order valence-corrected chi connectivity index (χ0v) is 22.1. The highest BCUT2D eigenvalue weighted by molar-refractivity contribution is 6.03. The summed E-state index contributed by atoms with van der Waals surface area (Å²) in [7, 11) is 1.56. The molecule has 1 aromatic heterocycles. The molecule has 1 aliphatic carbocycles. The zero-order chi connectivity index (χ0) is 27.4. The van der Waals surface area contributed by atoms with E-state index in [9.17, 15) is 14.0 Å². The first-order valence-corrected chi connectivity index (χ1v) is 13.3. The second-order valence-electron chi connectivity index (χ2n) is 9.89. The van der Waals surface area contributed by atoms with Crippen LogP contribution in [0.25, 0.3) is 11.0 Å². The largest absolute Gasteiger partial charge is 0.497 e. The highest BCUT2D eigenvalue weighted by atomic mass is 19.1. The number of anilines is 1. The molecule has 1 aliphatic rings. The van der Waals surface area contributed by atoms with Crippen molar-refractivity contribution >= 4 is 28.5 Å². The Morgan fingerprint density at radius 3 is 2.15 bits per heavy atom.